The predicted octanol–water partition coefficient (Wildman–Crippen LogP) is 5.43. The van der Waals surface area contributed by atoms with Gasteiger partial charge in [-0.15, -0.1) is 0 Å². The van der Waals surface area contributed by atoms with Crippen LogP contribution in [0.15, 0.2) is 95.9 Å². The number of para-hydroxylation sites is 1. The quantitative estimate of drug-likeness (QED) is 0.311. The summed E-state index contributed by atoms with van der Waals surface area (Å²) >= 11 is 0. The highest BCUT2D eigenvalue weighted by atomic mass is 32.2. The van der Waals surface area contributed by atoms with Gasteiger partial charge in [-0.25, -0.2) is 18.1 Å². The molecular weight excluding hydrogens is 510 g/mol. The van der Waals surface area contributed by atoms with Crippen LogP contribution in [0.4, 0.5) is 5.69 Å². The Kier molecular flexibility index (Phi) is 6.46. The molecule has 1 saturated heterocycles. The standard InChI is InChI=1S/C30H27N5O3S/c1-21-28-26(30(36)31-23-13-10-16-25(19-23)39(37,38)34-17-8-9-18-34)20-27(22-11-4-2-5-12-22)32-29(28)35(33-21)24-14-6-3-7-15-24/h2-7,10-16,19-20H,8-9,17-18H2,1H3,(H,31,36). The number of anilines is 1. The number of fused-ring (bicyclic) bond motifs is 1. The summed E-state index contributed by atoms with van der Waals surface area (Å²) in [4.78, 5) is 18.9. The van der Waals surface area contributed by atoms with E-state index < -0.39 is 10.0 Å². The Morgan fingerprint density at radius 2 is 1.56 bits per heavy atom. The molecule has 6 rings (SSSR count). The van der Waals surface area contributed by atoms with E-state index in [0.717, 1.165) is 24.1 Å². The minimum Gasteiger partial charge on any atom is -0.322 e. The molecule has 0 radical (unpaired) electrons. The lowest BCUT2D eigenvalue weighted by Crippen LogP contribution is -2.27. The first-order valence-corrected chi connectivity index (χ1v) is 14.3. The summed E-state index contributed by atoms with van der Waals surface area (Å²) in [7, 11) is -3.61. The minimum atomic E-state index is -3.61. The number of hydrogen-bond acceptors (Lipinski definition) is 5. The van der Waals surface area contributed by atoms with Crippen LogP contribution in [-0.4, -0.2) is 46.5 Å². The van der Waals surface area contributed by atoms with Crippen LogP contribution in [0.3, 0.4) is 0 Å². The number of carbonyl (C=O) groups excluding carboxylic acids is 1. The SMILES string of the molecule is Cc1nn(-c2ccccc2)c2nc(-c3ccccc3)cc(C(=O)Nc3cccc(S(=O)(=O)N4CCCC4)c3)c12. The molecule has 0 atom stereocenters. The largest absolute Gasteiger partial charge is 0.322 e. The van der Waals surface area contributed by atoms with Gasteiger partial charge in [-0.1, -0.05) is 54.6 Å². The molecule has 0 spiro atoms. The van der Waals surface area contributed by atoms with Gasteiger partial charge < -0.3 is 5.32 Å². The lowest BCUT2D eigenvalue weighted by Gasteiger charge is -2.16. The number of pyridine rings is 1. The van der Waals surface area contributed by atoms with Crippen molar-refractivity contribution in [3.05, 3.63) is 102 Å². The zero-order chi connectivity index (χ0) is 27.0. The van der Waals surface area contributed by atoms with Gasteiger partial charge in [-0.2, -0.15) is 9.40 Å². The topological polar surface area (TPSA) is 97.2 Å². The van der Waals surface area contributed by atoms with Crippen molar-refractivity contribution in [2.45, 2.75) is 24.7 Å². The van der Waals surface area contributed by atoms with Crippen LogP contribution in [0.5, 0.6) is 0 Å². The summed E-state index contributed by atoms with van der Waals surface area (Å²) in [5.74, 6) is -0.369. The van der Waals surface area contributed by atoms with Crippen molar-refractivity contribution in [2.24, 2.45) is 0 Å². The summed E-state index contributed by atoms with van der Waals surface area (Å²) in [6, 6.07) is 27.5. The second kappa shape index (κ2) is 10.1. The zero-order valence-corrected chi connectivity index (χ0v) is 22.2. The van der Waals surface area contributed by atoms with Crippen molar-refractivity contribution >= 4 is 32.7 Å². The Morgan fingerprint density at radius 3 is 2.28 bits per heavy atom. The van der Waals surface area contributed by atoms with Crippen LogP contribution in [0.25, 0.3) is 28.0 Å². The number of carbonyl (C=O) groups is 1. The monoisotopic (exact) mass is 537 g/mol. The molecule has 5 aromatic rings. The van der Waals surface area contributed by atoms with Crippen molar-refractivity contribution in [3.63, 3.8) is 0 Å². The Balaban J connectivity index is 1.44. The third-order valence-corrected chi connectivity index (χ3v) is 8.82. The van der Waals surface area contributed by atoms with Crippen molar-refractivity contribution < 1.29 is 13.2 Å². The third kappa shape index (κ3) is 4.71. The summed E-state index contributed by atoms with van der Waals surface area (Å²) in [6.07, 6.45) is 1.71. The molecular formula is C30H27N5O3S. The second-order valence-electron chi connectivity index (χ2n) is 9.55. The molecule has 1 aliphatic heterocycles. The maximum atomic E-state index is 13.8. The number of nitrogens with one attached hydrogen (secondary N) is 1. The fraction of sp³-hybridized carbons (Fsp3) is 0.167. The molecule has 0 bridgehead atoms. The summed E-state index contributed by atoms with van der Waals surface area (Å²) < 4.78 is 29.4. The Hall–Kier alpha value is -4.34. The molecule has 1 amide bonds. The highest BCUT2D eigenvalue weighted by Gasteiger charge is 2.27. The van der Waals surface area contributed by atoms with Gasteiger partial charge in [0.1, 0.15) is 0 Å². The third-order valence-electron chi connectivity index (χ3n) is 6.92. The molecule has 196 valence electrons. The molecule has 8 nitrogen and oxygen atoms in total. The molecule has 0 aliphatic carbocycles. The first-order valence-electron chi connectivity index (χ1n) is 12.8. The van der Waals surface area contributed by atoms with E-state index in [2.05, 4.69) is 5.32 Å². The maximum absolute atomic E-state index is 13.8. The summed E-state index contributed by atoms with van der Waals surface area (Å²) in [5.41, 5.74) is 4.37. The molecule has 0 unspecified atom stereocenters. The number of aryl methyl sites for hydroxylation is 1. The van der Waals surface area contributed by atoms with Gasteiger partial charge in [0.05, 0.1) is 32.9 Å². The van der Waals surface area contributed by atoms with Crippen LogP contribution in [0, 0.1) is 6.92 Å². The van der Waals surface area contributed by atoms with Gasteiger partial charge in [0.15, 0.2) is 5.65 Å². The lowest BCUT2D eigenvalue weighted by atomic mass is 10.0. The smallest absolute Gasteiger partial charge is 0.256 e. The Bertz CT molecular complexity index is 1780. The number of nitrogens with zero attached hydrogens (tertiary/aromatic N) is 4. The van der Waals surface area contributed by atoms with Gasteiger partial charge in [0, 0.05) is 24.3 Å². The van der Waals surface area contributed by atoms with Crippen LogP contribution < -0.4 is 5.32 Å². The maximum Gasteiger partial charge on any atom is 0.256 e. The van der Waals surface area contributed by atoms with Crippen LogP contribution in [0.1, 0.15) is 28.9 Å². The fourth-order valence-corrected chi connectivity index (χ4v) is 6.55. The van der Waals surface area contributed by atoms with Crippen molar-refractivity contribution in [3.8, 4) is 16.9 Å². The van der Waals surface area contributed by atoms with Crippen LogP contribution in [0.2, 0.25) is 0 Å². The lowest BCUT2D eigenvalue weighted by molar-refractivity contribution is 0.102. The van der Waals surface area contributed by atoms with Gasteiger partial charge in [0.25, 0.3) is 5.91 Å². The van der Waals surface area contributed by atoms with Crippen molar-refractivity contribution in [1.29, 1.82) is 0 Å². The summed E-state index contributed by atoms with van der Waals surface area (Å²) in [6.45, 7) is 2.88. The minimum absolute atomic E-state index is 0.167. The molecule has 0 saturated carbocycles. The molecule has 3 heterocycles. The van der Waals surface area contributed by atoms with Gasteiger partial charge in [0.2, 0.25) is 10.0 Å². The number of amides is 1. The van der Waals surface area contributed by atoms with E-state index in [-0.39, 0.29) is 10.8 Å². The number of rotatable bonds is 6. The Labute approximate surface area is 227 Å². The summed E-state index contributed by atoms with van der Waals surface area (Å²) in [5, 5.41) is 8.28. The average Bonchev–Trinajstić information content (AvgIpc) is 3.63. The van der Waals surface area contributed by atoms with Crippen LogP contribution in [-0.2, 0) is 10.0 Å². The highest BCUT2D eigenvalue weighted by Crippen LogP contribution is 2.30. The highest BCUT2D eigenvalue weighted by molar-refractivity contribution is 7.89. The average molecular weight is 538 g/mol. The Morgan fingerprint density at radius 1 is 0.872 bits per heavy atom. The first kappa shape index (κ1) is 25.0. The van der Waals surface area contributed by atoms with Gasteiger partial charge in [-0.05, 0) is 56.2 Å². The van der Waals surface area contributed by atoms with E-state index in [4.69, 9.17) is 10.1 Å². The number of aromatic nitrogens is 3. The number of benzene rings is 3. The number of hydrogen-bond donors (Lipinski definition) is 1. The normalized spacial score (nSPS) is 14.1. The molecule has 9 heteroatoms. The second-order valence-corrected chi connectivity index (χ2v) is 11.5. The van der Waals surface area contributed by atoms with Crippen LogP contribution >= 0.6 is 0 Å². The van der Waals surface area contributed by atoms with E-state index in [1.807, 2.05) is 67.6 Å². The van der Waals surface area contributed by atoms with Crippen molar-refractivity contribution in [2.75, 3.05) is 18.4 Å². The first-order chi connectivity index (χ1) is 18.9. The van der Waals surface area contributed by atoms with E-state index >= 15 is 0 Å². The fourth-order valence-electron chi connectivity index (χ4n) is 4.98. The molecule has 1 aliphatic rings. The van der Waals surface area contributed by atoms with Crippen molar-refractivity contribution in [1.82, 2.24) is 19.1 Å². The molecule has 2 aromatic heterocycles. The molecule has 39 heavy (non-hydrogen) atoms. The van der Waals surface area contributed by atoms with Gasteiger partial charge >= 0.3 is 0 Å². The molecule has 1 N–H and O–H groups in total. The molecule has 3 aromatic carbocycles. The van der Waals surface area contributed by atoms with E-state index in [1.165, 1.54) is 10.4 Å². The van der Waals surface area contributed by atoms with E-state index in [1.54, 1.807) is 28.9 Å². The van der Waals surface area contributed by atoms with E-state index in [0.29, 0.717) is 46.8 Å². The zero-order valence-electron chi connectivity index (χ0n) is 21.4. The van der Waals surface area contributed by atoms with E-state index in [9.17, 15) is 13.2 Å². The molecule has 1 fully saturated rings. The van der Waals surface area contributed by atoms with Gasteiger partial charge in [-0.3, -0.25) is 4.79 Å². The number of sulfonamides is 1. The predicted molar refractivity (Wildman–Crippen MR) is 151 cm³/mol.